The summed E-state index contributed by atoms with van der Waals surface area (Å²) in [6.45, 7) is 0. The Kier molecular flexibility index (Phi) is 3.01. The molecule has 1 aliphatic rings. The molecule has 0 aromatic rings. The fourth-order valence-electron chi connectivity index (χ4n) is 1.18. The van der Waals surface area contributed by atoms with Gasteiger partial charge < -0.3 is 20.4 Å². The van der Waals surface area contributed by atoms with E-state index >= 15 is 0 Å². The van der Waals surface area contributed by atoms with Crippen LogP contribution in [0.3, 0.4) is 0 Å². The Balaban J connectivity index is 2.92. The number of nitrogens with zero attached hydrogens (tertiary/aromatic N) is 2. The van der Waals surface area contributed by atoms with Gasteiger partial charge in [-0.15, -0.1) is 0 Å². The van der Waals surface area contributed by atoms with E-state index in [0.717, 1.165) is 0 Å². The molecule has 0 aromatic carbocycles. The van der Waals surface area contributed by atoms with E-state index in [1.54, 1.807) is 0 Å². The van der Waals surface area contributed by atoms with Gasteiger partial charge in [0.1, 0.15) is 0 Å². The lowest BCUT2D eigenvalue weighted by Crippen LogP contribution is -2.67. The maximum atomic E-state index is 10.3. The van der Waals surface area contributed by atoms with Crippen molar-refractivity contribution in [2.24, 2.45) is 0 Å². The number of carbonyl (C=O) groups excluding carboxylic acids is 2. The van der Waals surface area contributed by atoms with Gasteiger partial charge in [-0.25, -0.2) is 0 Å². The molecular weight excluding hydrogens is 196 g/mol. The van der Waals surface area contributed by atoms with Crippen LogP contribution in [0.15, 0.2) is 0 Å². The molecule has 1 saturated heterocycles. The second-order valence-electron chi connectivity index (χ2n) is 2.76. The lowest BCUT2D eigenvalue weighted by molar-refractivity contribution is -0.274. The molecule has 1 aliphatic heterocycles. The van der Waals surface area contributed by atoms with E-state index in [1.165, 1.54) is 0 Å². The van der Waals surface area contributed by atoms with Gasteiger partial charge >= 0.3 is 0 Å². The Labute approximate surface area is 78.6 Å². The second-order valence-corrected chi connectivity index (χ2v) is 2.76. The van der Waals surface area contributed by atoms with E-state index in [4.69, 9.17) is 0 Å². The predicted octanol–water partition coefficient (Wildman–Crippen LogP) is -3.81. The third-order valence-corrected chi connectivity index (χ3v) is 2.00. The first-order chi connectivity index (χ1) is 6.54. The average Bonchev–Trinajstić information content (AvgIpc) is 2.17. The van der Waals surface area contributed by atoms with Crippen LogP contribution in [-0.4, -0.2) is 68.0 Å². The summed E-state index contributed by atoms with van der Waals surface area (Å²) in [5.74, 6) is 0. The molecule has 0 unspecified atom stereocenters. The average molecular weight is 206 g/mol. The van der Waals surface area contributed by atoms with Gasteiger partial charge in [0, 0.05) is 0 Å². The molecular formula is C6H10N2O6. The normalized spacial score (nSPS) is 38.3. The minimum atomic E-state index is -1.77. The molecule has 8 nitrogen and oxygen atoms in total. The Morgan fingerprint density at radius 1 is 0.714 bits per heavy atom. The third kappa shape index (κ3) is 1.44. The summed E-state index contributed by atoms with van der Waals surface area (Å²) in [4.78, 5) is 21.5. The van der Waals surface area contributed by atoms with Crippen molar-refractivity contribution in [2.45, 2.75) is 24.9 Å². The standard InChI is InChI=1S/C6H10N2O6/c9-1-7-3(11)5(13)8(2-10)6(14)4(7)12/h1-6,11-14H/t3-,4-,5+,6+. The molecule has 2 amide bonds. The zero-order valence-corrected chi connectivity index (χ0v) is 6.96. The van der Waals surface area contributed by atoms with Crippen molar-refractivity contribution in [3.8, 4) is 0 Å². The Morgan fingerprint density at radius 2 is 0.929 bits per heavy atom. The Morgan fingerprint density at radius 3 is 1.07 bits per heavy atom. The molecule has 0 radical (unpaired) electrons. The third-order valence-electron chi connectivity index (χ3n) is 2.00. The molecule has 0 aliphatic carbocycles. The fourth-order valence-corrected chi connectivity index (χ4v) is 1.18. The van der Waals surface area contributed by atoms with Crippen molar-refractivity contribution in [1.82, 2.24) is 9.80 Å². The molecule has 80 valence electrons. The maximum absolute atomic E-state index is 10.3. The minimum absolute atomic E-state index is 0.0594. The van der Waals surface area contributed by atoms with Crippen molar-refractivity contribution in [3.63, 3.8) is 0 Å². The SMILES string of the molecule is O=CN1[C@H](O)[C@H](O)N(C=O)[C@@H](O)[C@H]1O. The van der Waals surface area contributed by atoms with Crippen LogP contribution >= 0.6 is 0 Å². The summed E-state index contributed by atoms with van der Waals surface area (Å²) in [7, 11) is 0. The first kappa shape index (κ1) is 10.9. The maximum Gasteiger partial charge on any atom is 0.214 e. The lowest BCUT2D eigenvalue weighted by Gasteiger charge is -2.45. The molecule has 0 aromatic heterocycles. The summed E-state index contributed by atoms with van der Waals surface area (Å²) in [6.07, 6.45) is -6.95. The van der Waals surface area contributed by atoms with Crippen molar-refractivity contribution in [3.05, 3.63) is 0 Å². The van der Waals surface area contributed by atoms with E-state index in [0.29, 0.717) is 9.80 Å². The molecule has 4 atom stereocenters. The van der Waals surface area contributed by atoms with Gasteiger partial charge in [0.15, 0.2) is 24.9 Å². The summed E-state index contributed by atoms with van der Waals surface area (Å²) < 4.78 is 0. The molecule has 1 fully saturated rings. The quantitative estimate of drug-likeness (QED) is 0.344. The smallest absolute Gasteiger partial charge is 0.214 e. The highest BCUT2D eigenvalue weighted by Gasteiger charge is 2.44. The van der Waals surface area contributed by atoms with E-state index in [2.05, 4.69) is 0 Å². The van der Waals surface area contributed by atoms with Crippen LogP contribution in [0, 0.1) is 0 Å². The highest BCUT2D eigenvalue weighted by Crippen LogP contribution is 2.18. The van der Waals surface area contributed by atoms with E-state index in [-0.39, 0.29) is 12.8 Å². The molecule has 14 heavy (non-hydrogen) atoms. The molecule has 0 bridgehead atoms. The van der Waals surface area contributed by atoms with Gasteiger partial charge in [0.05, 0.1) is 0 Å². The largest absolute Gasteiger partial charge is 0.369 e. The van der Waals surface area contributed by atoms with Gasteiger partial charge in [-0.1, -0.05) is 0 Å². The van der Waals surface area contributed by atoms with Gasteiger partial charge in [-0.3, -0.25) is 19.4 Å². The zero-order valence-electron chi connectivity index (χ0n) is 6.96. The molecule has 0 saturated carbocycles. The first-order valence-electron chi connectivity index (χ1n) is 3.72. The van der Waals surface area contributed by atoms with Gasteiger partial charge in [0.25, 0.3) is 0 Å². The lowest BCUT2D eigenvalue weighted by atomic mass is 10.2. The van der Waals surface area contributed by atoms with Crippen LogP contribution in [0.4, 0.5) is 0 Å². The summed E-state index contributed by atoms with van der Waals surface area (Å²) in [5, 5.41) is 36.8. The monoisotopic (exact) mass is 206 g/mol. The van der Waals surface area contributed by atoms with Crippen molar-refractivity contribution < 1.29 is 30.0 Å². The Hall–Kier alpha value is -1.22. The van der Waals surface area contributed by atoms with Crippen molar-refractivity contribution in [1.29, 1.82) is 0 Å². The van der Waals surface area contributed by atoms with Crippen LogP contribution in [-0.2, 0) is 9.59 Å². The Bertz CT molecular complexity index is 196. The number of amides is 2. The van der Waals surface area contributed by atoms with Gasteiger partial charge in [-0.05, 0) is 0 Å². The van der Waals surface area contributed by atoms with E-state index < -0.39 is 24.9 Å². The summed E-state index contributed by atoms with van der Waals surface area (Å²) in [5.41, 5.74) is 0. The number of rotatable bonds is 2. The number of aliphatic hydroxyl groups excluding tert-OH is 4. The van der Waals surface area contributed by atoms with Crippen LogP contribution in [0.2, 0.25) is 0 Å². The molecule has 4 N–H and O–H groups in total. The zero-order chi connectivity index (χ0) is 10.9. The van der Waals surface area contributed by atoms with Crippen LogP contribution < -0.4 is 0 Å². The fraction of sp³-hybridized carbons (Fsp3) is 0.667. The number of carbonyl (C=O) groups is 2. The van der Waals surface area contributed by atoms with E-state index in [9.17, 15) is 30.0 Å². The summed E-state index contributed by atoms with van der Waals surface area (Å²) >= 11 is 0. The number of hydrogen-bond donors (Lipinski definition) is 4. The first-order valence-corrected chi connectivity index (χ1v) is 3.72. The second kappa shape index (κ2) is 3.88. The van der Waals surface area contributed by atoms with Gasteiger partial charge in [0.2, 0.25) is 12.8 Å². The molecule has 1 heterocycles. The molecule has 1 rings (SSSR count). The van der Waals surface area contributed by atoms with Crippen molar-refractivity contribution in [2.75, 3.05) is 0 Å². The van der Waals surface area contributed by atoms with E-state index in [1.807, 2.05) is 0 Å². The van der Waals surface area contributed by atoms with Crippen LogP contribution in [0.1, 0.15) is 0 Å². The highest BCUT2D eigenvalue weighted by atomic mass is 16.4. The highest BCUT2D eigenvalue weighted by molar-refractivity contribution is 5.52. The topological polar surface area (TPSA) is 122 Å². The summed E-state index contributed by atoms with van der Waals surface area (Å²) in [6, 6.07) is 0. The number of aliphatic hydroxyl groups is 4. The molecule has 0 spiro atoms. The van der Waals surface area contributed by atoms with Crippen molar-refractivity contribution >= 4 is 12.8 Å². The minimum Gasteiger partial charge on any atom is -0.369 e. The number of hydrogen-bond acceptors (Lipinski definition) is 6. The predicted molar refractivity (Wildman–Crippen MR) is 39.8 cm³/mol. The number of piperazine rings is 1. The van der Waals surface area contributed by atoms with Crippen LogP contribution in [0.5, 0.6) is 0 Å². The molecule has 8 heteroatoms. The van der Waals surface area contributed by atoms with Gasteiger partial charge in [-0.2, -0.15) is 0 Å². The van der Waals surface area contributed by atoms with Crippen LogP contribution in [0.25, 0.3) is 0 Å².